The van der Waals surface area contributed by atoms with Crippen LogP contribution in [0, 0.1) is 10.1 Å². The van der Waals surface area contributed by atoms with Crippen molar-refractivity contribution in [3.05, 3.63) is 80.4 Å². The van der Waals surface area contributed by atoms with E-state index in [0.717, 1.165) is 0 Å². The SMILES string of the molecule is O=[N+]([O-])c1ccc2c(c1)C(c1ccccc1Cl)=NCc1nnc(CO)n1-2. The second-order valence-corrected chi connectivity index (χ2v) is 6.04. The van der Waals surface area contributed by atoms with Crippen molar-refractivity contribution >= 4 is 23.0 Å². The summed E-state index contributed by atoms with van der Waals surface area (Å²) in [5, 5.41) is 29.4. The third kappa shape index (κ3) is 2.56. The minimum atomic E-state index is -0.463. The van der Waals surface area contributed by atoms with E-state index in [9.17, 15) is 15.2 Å². The van der Waals surface area contributed by atoms with Gasteiger partial charge in [-0.25, -0.2) is 0 Å². The van der Waals surface area contributed by atoms with Gasteiger partial charge in [0.15, 0.2) is 11.6 Å². The van der Waals surface area contributed by atoms with Crippen LogP contribution in [-0.2, 0) is 13.2 Å². The summed E-state index contributed by atoms with van der Waals surface area (Å²) in [6, 6.07) is 11.6. The number of benzene rings is 2. The zero-order valence-electron chi connectivity index (χ0n) is 13.3. The molecule has 3 aromatic rings. The number of aromatic nitrogens is 3. The molecule has 0 aliphatic carbocycles. The Hall–Kier alpha value is -3.10. The number of fused-ring (bicyclic) bond motifs is 3. The van der Waals surface area contributed by atoms with Gasteiger partial charge in [0.25, 0.3) is 5.69 Å². The first-order valence-electron chi connectivity index (χ1n) is 7.72. The van der Waals surface area contributed by atoms with Crippen molar-refractivity contribution < 1.29 is 10.0 Å². The Morgan fingerprint density at radius 3 is 2.73 bits per heavy atom. The smallest absolute Gasteiger partial charge is 0.270 e. The van der Waals surface area contributed by atoms with Gasteiger partial charge in [-0.05, 0) is 12.1 Å². The lowest BCUT2D eigenvalue weighted by Crippen LogP contribution is -2.10. The molecule has 1 aromatic heterocycles. The Bertz CT molecular complexity index is 1060. The molecule has 0 radical (unpaired) electrons. The number of hydrogen-bond donors (Lipinski definition) is 1. The van der Waals surface area contributed by atoms with E-state index >= 15 is 0 Å². The largest absolute Gasteiger partial charge is 0.388 e. The lowest BCUT2D eigenvalue weighted by atomic mass is 9.99. The lowest BCUT2D eigenvalue weighted by Gasteiger charge is -2.13. The predicted octanol–water partition coefficient (Wildman–Crippen LogP) is 2.67. The minimum Gasteiger partial charge on any atom is -0.388 e. The van der Waals surface area contributed by atoms with Crippen LogP contribution in [0.5, 0.6) is 0 Å². The van der Waals surface area contributed by atoms with Crippen LogP contribution in [0.3, 0.4) is 0 Å². The quantitative estimate of drug-likeness (QED) is 0.564. The van der Waals surface area contributed by atoms with Gasteiger partial charge < -0.3 is 5.11 Å². The Morgan fingerprint density at radius 2 is 2.00 bits per heavy atom. The molecular weight excluding hydrogens is 358 g/mol. The number of aliphatic hydroxyl groups excluding tert-OH is 1. The highest BCUT2D eigenvalue weighted by molar-refractivity contribution is 6.35. The van der Waals surface area contributed by atoms with E-state index in [1.54, 1.807) is 22.8 Å². The molecule has 1 N–H and O–H groups in total. The molecule has 4 rings (SSSR count). The summed E-state index contributed by atoms with van der Waals surface area (Å²) in [5.41, 5.74) is 2.27. The molecule has 0 bridgehead atoms. The number of aliphatic imine (C=N–C) groups is 1. The molecule has 2 aromatic carbocycles. The number of rotatable bonds is 3. The summed E-state index contributed by atoms with van der Waals surface area (Å²) in [6.07, 6.45) is 0. The van der Waals surface area contributed by atoms with Gasteiger partial charge in [-0.2, -0.15) is 0 Å². The van der Waals surface area contributed by atoms with Crippen molar-refractivity contribution in [3.8, 4) is 5.69 Å². The van der Waals surface area contributed by atoms with E-state index in [1.807, 2.05) is 12.1 Å². The van der Waals surface area contributed by atoms with Gasteiger partial charge in [0.05, 0.1) is 16.3 Å². The van der Waals surface area contributed by atoms with Crippen molar-refractivity contribution in [2.75, 3.05) is 0 Å². The molecule has 26 heavy (non-hydrogen) atoms. The van der Waals surface area contributed by atoms with Crippen molar-refractivity contribution in [1.82, 2.24) is 14.8 Å². The number of nitrogens with zero attached hydrogens (tertiary/aromatic N) is 5. The molecule has 0 unspecified atom stereocenters. The van der Waals surface area contributed by atoms with Crippen LogP contribution >= 0.6 is 11.6 Å². The Kier molecular flexibility index (Phi) is 3.98. The highest BCUT2D eigenvalue weighted by Crippen LogP contribution is 2.30. The molecule has 130 valence electrons. The van der Waals surface area contributed by atoms with Gasteiger partial charge in [0.1, 0.15) is 13.2 Å². The van der Waals surface area contributed by atoms with E-state index in [1.165, 1.54) is 12.1 Å². The van der Waals surface area contributed by atoms with Gasteiger partial charge in [0.2, 0.25) is 0 Å². The summed E-state index contributed by atoms with van der Waals surface area (Å²) in [7, 11) is 0. The zero-order valence-corrected chi connectivity index (χ0v) is 14.1. The summed E-state index contributed by atoms with van der Waals surface area (Å²) < 4.78 is 1.67. The topological polar surface area (TPSA) is 106 Å². The van der Waals surface area contributed by atoms with Gasteiger partial charge in [0, 0.05) is 28.3 Å². The number of hydrogen-bond acceptors (Lipinski definition) is 6. The molecule has 0 saturated carbocycles. The number of aliphatic hydroxyl groups is 1. The summed E-state index contributed by atoms with van der Waals surface area (Å²) in [5.74, 6) is 0.872. The maximum Gasteiger partial charge on any atom is 0.270 e. The monoisotopic (exact) mass is 369 g/mol. The second kappa shape index (κ2) is 6.32. The molecule has 0 amide bonds. The lowest BCUT2D eigenvalue weighted by molar-refractivity contribution is -0.384. The van der Waals surface area contributed by atoms with Gasteiger partial charge >= 0.3 is 0 Å². The average Bonchev–Trinajstić information content (AvgIpc) is 2.98. The van der Waals surface area contributed by atoms with Crippen molar-refractivity contribution in [1.29, 1.82) is 0 Å². The molecule has 0 fully saturated rings. The number of nitro groups is 1. The average molecular weight is 370 g/mol. The van der Waals surface area contributed by atoms with E-state index in [4.69, 9.17) is 11.6 Å². The van der Waals surface area contributed by atoms with Crippen LogP contribution in [0.2, 0.25) is 5.02 Å². The third-order valence-electron chi connectivity index (χ3n) is 4.13. The summed E-state index contributed by atoms with van der Waals surface area (Å²) in [6.45, 7) is -0.110. The Morgan fingerprint density at radius 1 is 1.19 bits per heavy atom. The molecule has 0 spiro atoms. The summed E-state index contributed by atoms with van der Waals surface area (Å²) >= 11 is 6.33. The van der Waals surface area contributed by atoms with Gasteiger partial charge in [-0.1, -0.05) is 29.8 Å². The standard InChI is InChI=1S/C17H12ClN5O3/c18-13-4-2-1-3-11(13)17-12-7-10(23(25)26)5-6-14(12)22-15(8-19-17)20-21-16(22)9-24/h1-7,24H,8-9H2. The first kappa shape index (κ1) is 16.4. The van der Waals surface area contributed by atoms with E-state index in [-0.39, 0.29) is 18.8 Å². The van der Waals surface area contributed by atoms with Crippen LogP contribution in [0.1, 0.15) is 22.8 Å². The molecule has 1 aliphatic heterocycles. The highest BCUT2D eigenvalue weighted by atomic mass is 35.5. The van der Waals surface area contributed by atoms with Crippen LogP contribution in [0.4, 0.5) is 5.69 Å². The van der Waals surface area contributed by atoms with Gasteiger partial charge in [-0.3, -0.25) is 19.7 Å². The highest BCUT2D eigenvalue weighted by Gasteiger charge is 2.25. The number of halogens is 1. The molecule has 8 nitrogen and oxygen atoms in total. The number of nitro benzene ring substituents is 1. The van der Waals surface area contributed by atoms with E-state index in [0.29, 0.717) is 39.2 Å². The zero-order chi connectivity index (χ0) is 18.3. The van der Waals surface area contributed by atoms with Crippen molar-refractivity contribution in [3.63, 3.8) is 0 Å². The predicted molar refractivity (Wildman–Crippen MR) is 94.7 cm³/mol. The van der Waals surface area contributed by atoms with Crippen molar-refractivity contribution in [2.45, 2.75) is 13.2 Å². The van der Waals surface area contributed by atoms with Crippen LogP contribution < -0.4 is 0 Å². The molecular formula is C17H12ClN5O3. The fourth-order valence-electron chi connectivity index (χ4n) is 2.98. The second-order valence-electron chi connectivity index (χ2n) is 5.63. The van der Waals surface area contributed by atoms with Crippen LogP contribution in [0.25, 0.3) is 5.69 Å². The van der Waals surface area contributed by atoms with Crippen LogP contribution in [-0.4, -0.2) is 30.5 Å². The molecule has 2 heterocycles. The van der Waals surface area contributed by atoms with Crippen molar-refractivity contribution in [2.24, 2.45) is 4.99 Å². The Balaban J connectivity index is 2.03. The first-order valence-corrected chi connectivity index (χ1v) is 8.10. The summed E-state index contributed by atoms with van der Waals surface area (Å²) in [4.78, 5) is 15.4. The molecule has 0 atom stereocenters. The number of non-ortho nitro benzene ring substituents is 1. The van der Waals surface area contributed by atoms with E-state index < -0.39 is 4.92 Å². The fraction of sp³-hybridized carbons (Fsp3) is 0.118. The first-order chi connectivity index (χ1) is 12.6. The maximum absolute atomic E-state index is 11.3. The minimum absolute atomic E-state index is 0.0643. The molecule has 0 saturated heterocycles. The maximum atomic E-state index is 11.3. The Labute approximate surface area is 152 Å². The normalized spacial score (nSPS) is 12.8. The molecule has 9 heteroatoms. The molecule has 1 aliphatic rings. The third-order valence-corrected chi connectivity index (χ3v) is 4.46. The van der Waals surface area contributed by atoms with Gasteiger partial charge in [-0.15, -0.1) is 10.2 Å². The fourth-order valence-corrected chi connectivity index (χ4v) is 3.20. The van der Waals surface area contributed by atoms with E-state index in [2.05, 4.69) is 15.2 Å². The van der Waals surface area contributed by atoms with Crippen LogP contribution in [0.15, 0.2) is 47.5 Å².